The van der Waals surface area contributed by atoms with Gasteiger partial charge in [-0.05, 0) is 39.8 Å². The van der Waals surface area contributed by atoms with Crippen molar-refractivity contribution in [1.82, 2.24) is 5.32 Å². The highest BCUT2D eigenvalue weighted by molar-refractivity contribution is 5.34. The van der Waals surface area contributed by atoms with Crippen molar-refractivity contribution < 1.29 is 4.42 Å². The lowest BCUT2D eigenvalue weighted by molar-refractivity contribution is 0.478. The van der Waals surface area contributed by atoms with Gasteiger partial charge in [0.2, 0.25) is 0 Å². The minimum atomic E-state index is 0.447. The van der Waals surface area contributed by atoms with Gasteiger partial charge in [0.05, 0.1) is 0 Å². The van der Waals surface area contributed by atoms with E-state index in [-0.39, 0.29) is 0 Å². The average molecular weight is 209 g/mol. The Morgan fingerprint density at radius 2 is 1.87 bits per heavy atom. The Labute approximate surface area is 93.1 Å². The molecule has 0 bridgehead atoms. The first kappa shape index (κ1) is 12.3. The molecule has 0 amide bonds. The molecule has 0 saturated heterocycles. The SMILES string of the molecule is CCCCC(NC)c1c(C)oc(C)c1C. The predicted octanol–water partition coefficient (Wildman–Crippen LogP) is 3.66. The van der Waals surface area contributed by atoms with Gasteiger partial charge in [-0.15, -0.1) is 0 Å². The molecule has 0 saturated carbocycles. The highest BCUT2D eigenvalue weighted by Gasteiger charge is 2.18. The van der Waals surface area contributed by atoms with Gasteiger partial charge in [-0.25, -0.2) is 0 Å². The molecule has 0 aromatic carbocycles. The Bertz CT molecular complexity index is 315. The van der Waals surface area contributed by atoms with E-state index in [9.17, 15) is 0 Å². The highest BCUT2D eigenvalue weighted by Crippen LogP contribution is 2.29. The third kappa shape index (κ3) is 2.63. The monoisotopic (exact) mass is 209 g/mol. The molecular formula is C13H23NO. The largest absolute Gasteiger partial charge is 0.466 e. The van der Waals surface area contributed by atoms with E-state index in [1.807, 2.05) is 14.0 Å². The summed E-state index contributed by atoms with van der Waals surface area (Å²) < 4.78 is 5.67. The summed E-state index contributed by atoms with van der Waals surface area (Å²) in [5.41, 5.74) is 2.67. The van der Waals surface area contributed by atoms with Crippen molar-refractivity contribution in [2.75, 3.05) is 7.05 Å². The van der Waals surface area contributed by atoms with Gasteiger partial charge in [-0.3, -0.25) is 0 Å². The van der Waals surface area contributed by atoms with Crippen molar-refractivity contribution in [3.05, 3.63) is 22.6 Å². The molecule has 1 aromatic rings. The number of furan rings is 1. The lowest BCUT2D eigenvalue weighted by Gasteiger charge is -2.16. The smallest absolute Gasteiger partial charge is 0.106 e. The summed E-state index contributed by atoms with van der Waals surface area (Å²) in [4.78, 5) is 0. The van der Waals surface area contributed by atoms with E-state index in [0.29, 0.717) is 6.04 Å². The third-order valence-corrected chi connectivity index (χ3v) is 3.16. The van der Waals surface area contributed by atoms with Crippen molar-refractivity contribution in [3.8, 4) is 0 Å². The number of rotatable bonds is 5. The molecule has 0 spiro atoms. The molecule has 1 N–H and O–H groups in total. The summed E-state index contributed by atoms with van der Waals surface area (Å²) in [5.74, 6) is 2.12. The zero-order valence-electron chi connectivity index (χ0n) is 10.6. The molecule has 0 aliphatic carbocycles. The van der Waals surface area contributed by atoms with Gasteiger partial charge in [0.15, 0.2) is 0 Å². The maximum atomic E-state index is 5.67. The summed E-state index contributed by atoms with van der Waals surface area (Å²) in [6.07, 6.45) is 3.69. The van der Waals surface area contributed by atoms with Gasteiger partial charge >= 0.3 is 0 Å². The van der Waals surface area contributed by atoms with Crippen LogP contribution in [0.25, 0.3) is 0 Å². The molecule has 0 fully saturated rings. The number of unbranched alkanes of at least 4 members (excludes halogenated alkanes) is 1. The maximum Gasteiger partial charge on any atom is 0.106 e. The van der Waals surface area contributed by atoms with E-state index in [1.54, 1.807) is 0 Å². The normalized spacial score (nSPS) is 13.1. The van der Waals surface area contributed by atoms with Crippen molar-refractivity contribution in [2.45, 2.75) is 53.0 Å². The van der Waals surface area contributed by atoms with Gasteiger partial charge in [-0.2, -0.15) is 0 Å². The Kier molecular flexibility index (Phi) is 4.40. The minimum absolute atomic E-state index is 0.447. The van der Waals surface area contributed by atoms with Crippen LogP contribution in [0.2, 0.25) is 0 Å². The van der Waals surface area contributed by atoms with Crippen LogP contribution in [0.1, 0.15) is 54.9 Å². The summed E-state index contributed by atoms with van der Waals surface area (Å²) in [5, 5.41) is 3.39. The summed E-state index contributed by atoms with van der Waals surface area (Å²) >= 11 is 0. The number of hydrogen-bond donors (Lipinski definition) is 1. The highest BCUT2D eigenvalue weighted by atomic mass is 16.3. The fraction of sp³-hybridized carbons (Fsp3) is 0.692. The van der Waals surface area contributed by atoms with Crippen LogP contribution in [-0.4, -0.2) is 7.05 Å². The van der Waals surface area contributed by atoms with E-state index in [2.05, 4.69) is 26.1 Å². The summed E-state index contributed by atoms with van der Waals surface area (Å²) in [6, 6.07) is 0.447. The van der Waals surface area contributed by atoms with Crippen LogP contribution in [0.4, 0.5) is 0 Å². The van der Waals surface area contributed by atoms with E-state index in [1.165, 1.54) is 30.4 Å². The molecule has 1 unspecified atom stereocenters. The van der Waals surface area contributed by atoms with E-state index in [4.69, 9.17) is 4.42 Å². The first-order chi connectivity index (χ1) is 7.11. The van der Waals surface area contributed by atoms with Crippen LogP contribution in [-0.2, 0) is 0 Å². The topological polar surface area (TPSA) is 25.2 Å². The minimum Gasteiger partial charge on any atom is -0.466 e. The van der Waals surface area contributed by atoms with Crippen LogP contribution in [0, 0.1) is 20.8 Å². The maximum absolute atomic E-state index is 5.67. The van der Waals surface area contributed by atoms with E-state index >= 15 is 0 Å². The van der Waals surface area contributed by atoms with Crippen LogP contribution >= 0.6 is 0 Å². The Balaban J connectivity index is 2.90. The average Bonchev–Trinajstić information content (AvgIpc) is 2.45. The molecule has 0 radical (unpaired) electrons. The van der Waals surface area contributed by atoms with Gasteiger partial charge in [-0.1, -0.05) is 19.8 Å². The standard InChI is InChI=1S/C13H23NO/c1-6-7-8-12(14-5)13-9(2)10(3)15-11(13)4/h12,14H,6-8H2,1-5H3. The van der Waals surface area contributed by atoms with Crippen LogP contribution in [0.3, 0.4) is 0 Å². The molecule has 2 nitrogen and oxygen atoms in total. The molecular weight excluding hydrogens is 186 g/mol. The molecule has 1 heterocycles. The lowest BCUT2D eigenvalue weighted by Crippen LogP contribution is -2.17. The molecule has 0 aliphatic rings. The first-order valence-electron chi connectivity index (χ1n) is 5.85. The number of hydrogen-bond acceptors (Lipinski definition) is 2. The van der Waals surface area contributed by atoms with Crippen molar-refractivity contribution in [2.24, 2.45) is 0 Å². The second-order valence-corrected chi connectivity index (χ2v) is 4.24. The van der Waals surface area contributed by atoms with Crippen molar-refractivity contribution >= 4 is 0 Å². The van der Waals surface area contributed by atoms with Crippen molar-refractivity contribution in [1.29, 1.82) is 0 Å². The number of aryl methyl sites for hydroxylation is 2. The van der Waals surface area contributed by atoms with Gasteiger partial charge in [0.25, 0.3) is 0 Å². The van der Waals surface area contributed by atoms with Crippen LogP contribution in [0.5, 0.6) is 0 Å². The quantitative estimate of drug-likeness (QED) is 0.800. The zero-order valence-corrected chi connectivity index (χ0v) is 10.6. The van der Waals surface area contributed by atoms with E-state index in [0.717, 1.165) is 11.5 Å². The number of nitrogens with one attached hydrogen (secondary N) is 1. The fourth-order valence-electron chi connectivity index (χ4n) is 2.16. The molecule has 86 valence electrons. The van der Waals surface area contributed by atoms with E-state index < -0.39 is 0 Å². The Morgan fingerprint density at radius 3 is 2.27 bits per heavy atom. The lowest BCUT2D eigenvalue weighted by atomic mass is 9.98. The second-order valence-electron chi connectivity index (χ2n) is 4.24. The zero-order chi connectivity index (χ0) is 11.4. The van der Waals surface area contributed by atoms with Gasteiger partial charge in [0, 0.05) is 11.6 Å². The van der Waals surface area contributed by atoms with Crippen molar-refractivity contribution in [3.63, 3.8) is 0 Å². The molecule has 2 heteroatoms. The Hall–Kier alpha value is -0.760. The molecule has 0 aliphatic heterocycles. The molecule has 1 rings (SSSR count). The first-order valence-corrected chi connectivity index (χ1v) is 5.85. The molecule has 15 heavy (non-hydrogen) atoms. The van der Waals surface area contributed by atoms with Crippen LogP contribution in [0.15, 0.2) is 4.42 Å². The summed E-state index contributed by atoms with van der Waals surface area (Å²) in [7, 11) is 2.03. The van der Waals surface area contributed by atoms with Gasteiger partial charge in [0.1, 0.15) is 11.5 Å². The molecule has 1 aromatic heterocycles. The summed E-state index contributed by atoms with van der Waals surface area (Å²) in [6.45, 7) is 8.48. The van der Waals surface area contributed by atoms with Gasteiger partial charge < -0.3 is 9.73 Å². The second kappa shape index (κ2) is 5.36. The third-order valence-electron chi connectivity index (χ3n) is 3.16. The Morgan fingerprint density at radius 1 is 1.20 bits per heavy atom. The van der Waals surface area contributed by atoms with Crippen LogP contribution < -0.4 is 5.32 Å². The molecule has 1 atom stereocenters. The fourth-order valence-corrected chi connectivity index (χ4v) is 2.16. The predicted molar refractivity (Wildman–Crippen MR) is 64.2 cm³/mol.